The van der Waals surface area contributed by atoms with E-state index in [1.807, 2.05) is 36.4 Å². The number of carbonyl (C=O) groups is 2. The Balaban J connectivity index is 1.82. The molecule has 4 aromatic carbocycles. The Bertz CT molecular complexity index is 1670. The number of carbonyl (C=O) groups excluding carboxylic acids is 2. The summed E-state index contributed by atoms with van der Waals surface area (Å²) in [4.78, 5) is 29.2. The van der Waals surface area contributed by atoms with E-state index in [2.05, 4.69) is 5.32 Å². The number of hydrogen-bond donors (Lipinski definition) is 1. The third-order valence-electron chi connectivity index (χ3n) is 7.12. The lowest BCUT2D eigenvalue weighted by molar-refractivity contribution is -0.139. The highest BCUT2D eigenvalue weighted by Crippen LogP contribution is 2.31. The number of anilines is 1. The molecule has 0 spiro atoms. The largest absolute Gasteiger partial charge is 0.497 e. The number of hydrogen-bond acceptors (Lipinski definition) is 5. The SMILES string of the molecule is CNC(=O)[C@H](Cc1ccccc1)N(Cc1cccc(OC)c1)C(=O)CN(c1cccc(Cl)c1C)S(=O)(=O)c1ccccc1. The average Bonchev–Trinajstić information content (AvgIpc) is 3.03. The summed E-state index contributed by atoms with van der Waals surface area (Å²) in [5, 5.41) is 3.04. The quantitative estimate of drug-likeness (QED) is 0.234. The summed E-state index contributed by atoms with van der Waals surface area (Å²) in [6.07, 6.45) is 0.220. The molecule has 224 valence electrons. The zero-order valence-corrected chi connectivity index (χ0v) is 25.8. The van der Waals surface area contributed by atoms with Crippen molar-refractivity contribution in [1.29, 1.82) is 0 Å². The molecular formula is C33H34ClN3O5S. The van der Waals surface area contributed by atoms with Crippen LogP contribution in [-0.4, -0.2) is 51.9 Å². The van der Waals surface area contributed by atoms with Crippen LogP contribution in [0.2, 0.25) is 5.02 Å². The molecule has 4 rings (SSSR count). The van der Waals surface area contributed by atoms with Gasteiger partial charge in [-0.1, -0.05) is 78.3 Å². The van der Waals surface area contributed by atoms with Gasteiger partial charge in [0, 0.05) is 25.0 Å². The molecule has 0 heterocycles. The second-order valence-corrected chi connectivity index (χ2v) is 12.2. The van der Waals surface area contributed by atoms with Crippen LogP contribution >= 0.6 is 11.6 Å². The maximum Gasteiger partial charge on any atom is 0.264 e. The summed E-state index contributed by atoms with van der Waals surface area (Å²) in [6, 6.07) is 28.4. The highest BCUT2D eigenvalue weighted by atomic mass is 35.5. The molecule has 0 radical (unpaired) electrons. The van der Waals surface area contributed by atoms with Gasteiger partial charge in [0.25, 0.3) is 10.0 Å². The van der Waals surface area contributed by atoms with Gasteiger partial charge in [-0.05, 0) is 60.0 Å². The van der Waals surface area contributed by atoms with Crippen LogP contribution in [0.25, 0.3) is 0 Å². The molecule has 0 saturated carbocycles. The molecule has 0 aliphatic rings. The Labute approximate surface area is 257 Å². The van der Waals surface area contributed by atoms with Crippen LogP contribution in [-0.2, 0) is 32.6 Å². The van der Waals surface area contributed by atoms with Crippen molar-refractivity contribution in [2.75, 3.05) is 25.0 Å². The number of methoxy groups -OCH3 is 1. The van der Waals surface area contributed by atoms with Crippen molar-refractivity contribution < 1.29 is 22.7 Å². The molecule has 1 atom stereocenters. The molecule has 0 bridgehead atoms. The van der Waals surface area contributed by atoms with Gasteiger partial charge in [0.2, 0.25) is 11.8 Å². The number of sulfonamides is 1. The van der Waals surface area contributed by atoms with Crippen LogP contribution in [0.3, 0.4) is 0 Å². The molecule has 0 aliphatic carbocycles. The molecule has 43 heavy (non-hydrogen) atoms. The van der Waals surface area contributed by atoms with Crippen molar-refractivity contribution in [2.24, 2.45) is 0 Å². The Kier molecular flexibility index (Phi) is 10.4. The summed E-state index contributed by atoms with van der Waals surface area (Å²) < 4.78 is 34.6. The molecule has 1 N–H and O–H groups in total. The Morgan fingerprint density at radius 1 is 0.884 bits per heavy atom. The number of likely N-dealkylation sites (N-methyl/N-ethyl adjacent to an activating group) is 1. The van der Waals surface area contributed by atoms with Crippen LogP contribution < -0.4 is 14.4 Å². The van der Waals surface area contributed by atoms with Crippen LogP contribution in [0.1, 0.15) is 16.7 Å². The predicted molar refractivity (Wildman–Crippen MR) is 169 cm³/mol. The summed E-state index contributed by atoms with van der Waals surface area (Å²) in [7, 11) is -1.15. The van der Waals surface area contributed by atoms with Crippen molar-refractivity contribution in [3.05, 3.63) is 125 Å². The molecule has 4 aromatic rings. The first-order valence-electron chi connectivity index (χ1n) is 13.7. The van der Waals surface area contributed by atoms with Crippen molar-refractivity contribution in [1.82, 2.24) is 10.2 Å². The summed E-state index contributed by atoms with van der Waals surface area (Å²) in [6.45, 7) is 1.17. The lowest BCUT2D eigenvalue weighted by Crippen LogP contribution is -2.53. The maximum absolute atomic E-state index is 14.4. The second kappa shape index (κ2) is 14.2. The highest BCUT2D eigenvalue weighted by molar-refractivity contribution is 7.92. The number of rotatable bonds is 12. The van der Waals surface area contributed by atoms with E-state index in [9.17, 15) is 18.0 Å². The minimum Gasteiger partial charge on any atom is -0.497 e. The third kappa shape index (κ3) is 7.55. The number of benzene rings is 4. The van der Waals surface area contributed by atoms with Crippen LogP contribution in [0.4, 0.5) is 5.69 Å². The van der Waals surface area contributed by atoms with Gasteiger partial charge >= 0.3 is 0 Å². The minimum absolute atomic E-state index is 0.0219. The zero-order chi connectivity index (χ0) is 31.0. The number of ether oxygens (including phenoxy) is 1. The monoisotopic (exact) mass is 619 g/mol. The van der Waals surface area contributed by atoms with E-state index < -0.39 is 28.5 Å². The standard InChI is InChI=1S/C33H34ClN3O5S/c1-24-29(34)18-11-19-30(24)37(43(40,41)28-16-8-5-9-17-28)23-32(38)36(22-26-14-10-15-27(20-26)42-3)31(33(39)35-2)21-25-12-6-4-7-13-25/h4-20,31H,21-23H2,1-3H3,(H,35,39)/t31-/m0/s1. The zero-order valence-electron chi connectivity index (χ0n) is 24.2. The normalized spacial score (nSPS) is 11.8. The van der Waals surface area contributed by atoms with Crippen LogP contribution in [0.15, 0.2) is 108 Å². The van der Waals surface area contributed by atoms with E-state index in [1.54, 1.807) is 68.6 Å². The average molecular weight is 620 g/mol. The first kappa shape index (κ1) is 31.6. The number of nitrogens with one attached hydrogen (secondary N) is 1. The molecule has 0 fully saturated rings. The first-order chi connectivity index (χ1) is 20.6. The topological polar surface area (TPSA) is 96.0 Å². The van der Waals surface area contributed by atoms with Gasteiger partial charge in [-0.15, -0.1) is 0 Å². The Morgan fingerprint density at radius 3 is 2.16 bits per heavy atom. The summed E-state index contributed by atoms with van der Waals surface area (Å²) in [5.74, 6) is -0.352. The van der Waals surface area contributed by atoms with E-state index >= 15 is 0 Å². The lowest BCUT2D eigenvalue weighted by atomic mass is 10.0. The van der Waals surface area contributed by atoms with E-state index in [1.165, 1.54) is 24.1 Å². The van der Waals surface area contributed by atoms with Gasteiger partial charge in [-0.2, -0.15) is 0 Å². The molecule has 0 aromatic heterocycles. The lowest BCUT2D eigenvalue weighted by Gasteiger charge is -2.34. The van der Waals surface area contributed by atoms with Crippen molar-refractivity contribution in [3.63, 3.8) is 0 Å². The molecular weight excluding hydrogens is 586 g/mol. The molecule has 8 nitrogen and oxygen atoms in total. The Morgan fingerprint density at radius 2 is 1.51 bits per heavy atom. The van der Waals surface area contributed by atoms with E-state index in [4.69, 9.17) is 16.3 Å². The van der Waals surface area contributed by atoms with E-state index in [0.717, 1.165) is 9.87 Å². The second-order valence-electron chi connectivity index (χ2n) is 9.90. The fourth-order valence-corrected chi connectivity index (χ4v) is 6.45. The van der Waals surface area contributed by atoms with Crippen LogP contribution in [0, 0.1) is 6.92 Å². The van der Waals surface area contributed by atoms with E-state index in [0.29, 0.717) is 21.9 Å². The van der Waals surface area contributed by atoms with Gasteiger partial charge in [0.1, 0.15) is 18.3 Å². The minimum atomic E-state index is -4.21. The van der Waals surface area contributed by atoms with E-state index in [-0.39, 0.29) is 29.5 Å². The molecule has 0 aliphatic heterocycles. The fourth-order valence-electron chi connectivity index (χ4n) is 4.79. The highest BCUT2D eigenvalue weighted by Gasteiger charge is 2.35. The van der Waals surface area contributed by atoms with Crippen molar-refractivity contribution in [3.8, 4) is 5.75 Å². The fraction of sp³-hybridized carbons (Fsp3) is 0.212. The smallest absolute Gasteiger partial charge is 0.264 e. The van der Waals surface area contributed by atoms with Gasteiger partial charge in [-0.25, -0.2) is 8.42 Å². The molecule has 0 saturated heterocycles. The third-order valence-corrected chi connectivity index (χ3v) is 9.31. The van der Waals surface area contributed by atoms with Gasteiger partial charge in [-0.3, -0.25) is 13.9 Å². The Hall–Kier alpha value is -4.34. The van der Waals surface area contributed by atoms with Gasteiger partial charge in [0.05, 0.1) is 17.7 Å². The van der Waals surface area contributed by atoms with Gasteiger partial charge < -0.3 is 15.0 Å². The van der Waals surface area contributed by atoms with Crippen molar-refractivity contribution >= 4 is 39.1 Å². The maximum atomic E-state index is 14.4. The van der Waals surface area contributed by atoms with Gasteiger partial charge in [0.15, 0.2) is 0 Å². The predicted octanol–water partition coefficient (Wildman–Crippen LogP) is 5.24. The molecule has 0 unspecified atom stereocenters. The first-order valence-corrected chi connectivity index (χ1v) is 15.5. The number of nitrogens with zero attached hydrogens (tertiary/aromatic N) is 2. The van der Waals surface area contributed by atoms with Crippen LogP contribution in [0.5, 0.6) is 5.75 Å². The number of amides is 2. The number of halogens is 1. The molecule has 2 amide bonds. The molecule has 10 heteroatoms. The summed E-state index contributed by atoms with van der Waals surface area (Å²) >= 11 is 6.41. The van der Waals surface area contributed by atoms with Crippen molar-refractivity contribution in [2.45, 2.75) is 30.8 Å². The summed E-state index contributed by atoms with van der Waals surface area (Å²) in [5.41, 5.74) is 2.33.